The monoisotopic (exact) mass is 289 g/mol. The first-order valence-corrected chi connectivity index (χ1v) is 6.65. The number of nitriles is 1. The van der Waals surface area contributed by atoms with Crippen LogP contribution in [0.1, 0.15) is 26.3 Å². The molecule has 0 bridgehead atoms. The molecule has 0 saturated heterocycles. The van der Waals surface area contributed by atoms with Crippen molar-refractivity contribution in [3.8, 4) is 17.6 Å². The zero-order valence-corrected chi connectivity index (χ0v) is 12.7. The van der Waals surface area contributed by atoms with Crippen LogP contribution in [-0.4, -0.2) is 25.8 Å². The van der Waals surface area contributed by atoms with E-state index >= 15 is 0 Å². The molecule has 1 aromatic carbocycles. The quantitative estimate of drug-likeness (QED) is 0.457. The van der Waals surface area contributed by atoms with Gasteiger partial charge < -0.3 is 14.2 Å². The van der Waals surface area contributed by atoms with E-state index in [1.54, 1.807) is 32.0 Å². The minimum absolute atomic E-state index is 0.0603. The third-order valence-corrected chi connectivity index (χ3v) is 2.48. The van der Waals surface area contributed by atoms with Gasteiger partial charge in [-0.3, -0.25) is 0 Å². The highest BCUT2D eigenvalue weighted by molar-refractivity contribution is 5.98. The first kappa shape index (κ1) is 16.6. The van der Waals surface area contributed by atoms with Gasteiger partial charge >= 0.3 is 5.97 Å². The Morgan fingerprint density at radius 3 is 2.62 bits per heavy atom. The van der Waals surface area contributed by atoms with Gasteiger partial charge in [-0.25, -0.2) is 4.79 Å². The van der Waals surface area contributed by atoms with Crippen LogP contribution in [0.25, 0.3) is 6.08 Å². The lowest BCUT2D eigenvalue weighted by molar-refractivity contribution is -0.142. The molecule has 5 heteroatoms. The van der Waals surface area contributed by atoms with Crippen molar-refractivity contribution in [2.24, 2.45) is 0 Å². The number of esters is 1. The number of hydrogen-bond acceptors (Lipinski definition) is 5. The second-order valence-corrected chi connectivity index (χ2v) is 4.47. The highest BCUT2D eigenvalue weighted by atomic mass is 16.5. The van der Waals surface area contributed by atoms with Crippen LogP contribution in [0.5, 0.6) is 11.5 Å². The Hall–Kier alpha value is -2.48. The highest BCUT2D eigenvalue weighted by Gasteiger charge is 2.13. The number of methoxy groups -OCH3 is 1. The van der Waals surface area contributed by atoms with Crippen LogP contribution < -0.4 is 9.47 Å². The summed E-state index contributed by atoms with van der Waals surface area (Å²) in [7, 11) is 1.53. The van der Waals surface area contributed by atoms with Crippen molar-refractivity contribution in [1.29, 1.82) is 5.26 Å². The maximum Gasteiger partial charge on any atom is 0.349 e. The predicted octanol–water partition coefficient (Wildman–Crippen LogP) is 2.95. The Balaban J connectivity index is 3.07. The van der Waals surface area contributed by atoms with Crippen molar-refractivity contribution in [3.05, 3.63) is 29.3 Å². The lowest BCUT2D eigenvalue weighted by Gasteiger charge is -2.10. The van der Waals surface area contributed by atoms with E-state index in [9.17, 15) is 4.79 Å². The molecule has 1 aromatic rings. The molecule has 0 amide bonds. The molecule has 5 nitrogen and oxygen atoms in total. The van der Waals surface area contributed by atoms with Gasteiger partial charge in [-0.05, 0) is 44.5 Å². The third kappa shape index (κ3) is 4.84. The molecule has 0 fully saturated rings. The van der Waals surface area contributed by atoms with E-state index in [1.165, 1.54) is 13.2 Å². The summed E-state index contributed by atoms with van der Waals surface area (Å²) in [5.74, 6) is 0.515. The first-order valence-electron chi connectivity index (χ1n) is 6.65. The van der Waals surface area contributed by atoms with Crippen LogP contribution >= 0.6 is 0 Å². The van der Waals surface area contributed by atoms with Crippen molar-refractivity contribution in [3.63, 3.8) is 0 Å². The number of ether oxygens (including phenoxy) is 3. The minimum atomic E-state index is -0.639. The van der Waals surface area contributed by atoms with Crippen molar-refractivity contribution in [1.82, 2.24) is 0 Å². The van der Waals surface area contributed by atoms with E-state index in [1.807, 2.05) is 13.0 Å². The highest BCUT2D eigenvalue weighted by Crippen LogP contribution is 2.28. The van der Waals surface area contributed by atoms with E-state index in [0.717, 1.165) is 0 Å². The van der Waals surface area contributed by atoms with Crippen LogP contribution in [0.4, 0.5) is 0 Å². The molecule has 0 radical (unpaired) electrons. The second kappa shape index (κ2) is 7.95. The first-order chi connectivity index (χ1) is 10.0. The fraction of sp³-hybridized carbons (Fsp3) is 0.375. The summed E-state index contributed by atoms with van der Waals surface area (Å²) in [6.45, 7) is 5.86. The summed E-state index contributed by atoms with van der Waals surface area (Å²) in [6, 6.07) is 7.02. The van der Waals surface area contributed by atoms with Gasteiger partial charge in [0.25, 0.3) is 0 Å². The van der Waals surface area contributed by atoms with E-state index in [-0.39, 0.29) is 11.7 Å². The molecule has 0 N–H and O–H groups in total. The molecule has 0 spiro atoms. The molecule has 0 heterocycles. The van der Waals surface area contributed by atoms with Crippen LogP contribution in [0, 0.1) is 11.3 Å². The van der Waals surface area contributed by atoms with E-state index in [2.05, 4.69) is 0 Å². The van der Waals surface area contributed by atoms with Gasteiger partial charge in [-0.15, -0.1) is 0 Å². The van der Waals surface area contributed by atoms with Crippen LogP contribution in [0.3, 0.4) is 0 Å². The van der Waals surface area contributed by atoms with E-state index in [4.69, 9.17) is 19.5 Å². The average Bonchev–Trinajstić information content (AvgIpc) is 2.45. The molecule has 21 heavy (non-hydrogen) atoms. The molecule has 0 aliphatic heterocycles. The van der Waals surface area contributed by atoms with Gasteiger partial charge in [0.15, 0.2) is 11.5 Å². The molecule has 0 aliphatic carbocycles. The normalized spacial score (nSPS) is 11.0. The number of nitrogens with zero attached hydrogens (tertiary/aromatic N) is 1. The Morgan fingerprint density at radius 2 is 2.10 bits per heavy atom. The molecule has 0 unspecified atom stereocenters. The topological polar surface area (TPSA) is 68.5 Å². The summed E-state index contributed by atoms with van der Waals surface area (Å²) < 4.78 is 15.6. The fourth-order valence-corrected chi connectivity index (χ4v) is 1.63. The molecule has 0 saturated carbocycles. The fourth-order valence-electron chi connectivity index (χ4n) is 1.63. The maximum atomic E-state index is 11.7. The van der Waals surface area contributed by atoms with Gasteiger partial charge in [0.05, 0.1) is 19.8 Å². The molecular formula is C16H19NO4. The summed E-state index contributed by atoms with van der Waals surface area (Å²) in [6.07, 6.45) is 1.19. The van der Waals surface area contributed by atoms with Crippen molar-refractivity contribution >= 4 is 12.0 Å². The molecule has 1 rings (SSSR count). The zero-order valence-electron chi connectivity index (χ0n) is 12.7. The zero-order chi connectivity index (χ0) is 15.8. The number of carbonyl (C=O) groups is 1. The second-order valence-electron chi connectivity index (χ2n) is 4.47. The third-order valence-electron chi connectivity index (χ3n) is 2.48. The van der Waals surface area contributed by atoms with Crippen molar-refractivity contribution < 1.29 is 19.0 Å². The minimum Gasteiger partial charge on any atom is -0.493 e. The van der Waals surface area contributed by atoms with Gasteiger partial charge in [0, 0.05) is 0 Å². The molecule has 0 aromatic heterocycles. The summed E-state index contributed by atoms with van der Waals surface area (Å²) in [5, 5.41) is 9.06. The smallest absolute Gasteiger partial charge is 0.349 e. The molecular weight excluding hydrogens is 270 g/mol. The number of hydrogen-bond donors (Lipinski definition) is 0. The summed E-state index contributed by atoms with van der Waals surface area (Å²) in [4.78, 5) is 11.7. The largest absolute Gasteiger partial charge is 0.493 e. The van der Waals surface area contributed by atoms with Crippen molar-refractivity contribution in [2.75, 3.05) is 13.7 Å². The molecule has 0 atom stereocenters. The van der Waals surface area contributed by atoms with Gasteiger partial charge in [-0.2, -0.15) is 5.26 Å². The van der Waals surface area contributed by atoms with Crippen LogP contribution in [-0.2, 0) is 9.53 Å². The van der Waals surface area contributed by atoms with Crippen molar-refractivity contribution in [2.45, 2.75) is 26.9 Å². The molecule has 0 aliphatic rings. The Labute approximate surface area is 124 Å². The van der Waals surface area contributed by atoms with E-state index in [0.29, 0.717) is 23.7 Å². The number of benzene rings is 1. The van der Waals surface area contributed by atoms with Crippen LogP contribution in [0.2, 0.25) is 0 Å². The lowest BCUT2D eigenvalue weighted by atomic mass is 10.1. The Kier molecular flexibility index (Phi) is 6.28. The maximum absolute atomic E-state index is 11.7. The number of carbonyl (C=O) groups excluding carboxylic acids is 1. The lowest BCUT2D eigenvalue weighted by Crippen LogP contribution is -2.12. The Morgan fingerprint density at radius 1 is 1.38 bits per heavy atom. The molecule has 112 valence electrons. The summed E-state index contributed by atoms with van der Waals surface area (Å²) in [5.41, 5.74) is 0.600. The standard InChI is InChI=1S/C16H19NO4/c1-5-20-14-7-6-12(9-15(14)19-4)8-13(10-17)16(18)21-11(2)3/h6-9,11H,5H2,1-4H3/b13-8+. The van der Waals surface area contributed by atoms with Gasteiger partial charge in [0.1, 0.15) is 11.6 Å². The van der Waals surface area contributed by atoms with Crippen LogP contribution in [0.15, 0.2) is 23.8 Å². The van der Waals surface area contributed by atoms with E-state index < -0.39 is 5.97 Å². The predicted molar refractivity (Wildman–Crippen MR) is 79.0 cm³/mol. The average molecular weight is 289 g/mol. The number of rotatable bonds is 6. The van der Waals surface area contributed by atoms with Gasteiger partial charge in [-0.1, -0.05) is 6.07 Å². The SMILES string of the molecule is CCOc1ccc(/C=C(\C#N)C(=O)OC(C)C)cc1OC. The Bertz CT molecular complexity index is 570. The summed E-state index contributed by atoms with van der Waals surface area (Å²) >= 11 is 0. The van der Waals surface area contributed by atoms with Gasteiger partial charge in [0.2, 0.25) is 0 Å².